The summed E-state index contributed by atoms with van der Waals surface area (Å²) in [5, 5.41) is 57.4. The molecule has 0 spiro atoms. The first-order valence-corrected chi connectivity index (χ1v) is 44.8. The van der Waals surface area contributed by atoms with Crippen molar-refractivity contribution in [1.82, 2.24) is 60.6 Å². The average Bonchev–Trinajstić information content (AvgIpc) is 1.72. The molecule has 127 heavy (non-hydrogen) atoms. The van der Waals surface area contributed by atoms with Crippen LogP contribution in [0.25, 0.3) is 33.3 Å². The van der Waals surface area contributed by atoms with E-state index in [1.54, 1.807) is 68.9 Å². The van der Waals surface area contributed by atoms with Crippen molar-refractivity contribution in [2.24, 2.45) is 35.5 Å². The van der Waals surface area contributed by atoms with Crippen molar-refractivity contribution < 1.29 is 110 Å². The maximum absolute atomic E-state index is 15.0. The maximum atomic E-state index is 15.0. The largest absolute Gasteiger partial charge is 0.508 e. The minimum absolute atomic E-state index is 0.00577. The zero-order valence-corrected chi connectivity index (χ0v) is 75.8. The zero-order chi connectivity index (χ0) is 91.4. The fourth-order valence-corrected chi connectivity index (χ4v) is 16.9. The molecule has 3 fully saturated rings. The van der Waals surface area contributed by atoms with Gasteiger partial charge in [-0.3, -0.25) is 24.0 Å². The molecule has 1 aromatic carbocycles. The number of nitrogens with two attached hydrogens (primary N) is 1. The minimum Gasteiger partial charge on any atom is -0.508 e. The number of benzene rings is 1. The summed E-state index contributed by atoms with van der Waals surface area (Å²) in [6.07, 6.45) is 16.5. The number of aliphatic hydroxyl groups is 2. The van der Waals surface area contributed by atoms with Crippen molar-refractivity contribution >= 4 is 69.1 Å². The van der Waals surface area contributed by atoms with Crippen molar-refractivity contribution in [2.45, 2.75) is 225 Å². The number of fused-ring (bicyclic) bond motifs is 5. The van der Waals surface area contributed by atoms with E-state index in [-0.39, 0.29) is 138 Å². The molecule has 704 valence electrons. The van der Waals surface area contributed by atoms with Gasteiger partial charge < -0.3 is 108 Å². The number of aliphatic hydroxyl groups excluding tert-OH is 1. The third-order valence-electron chi connectivity index (χ3n) is 24.2. The van der Waals surface area contributed by atoms with E-state index in [1.165, 1.54) is 18.3 Å². The number of nitrogens with one attached hydrogen (secondary N) is 4. The van der Waals surface area contributed by atoms with Crippen molar-refractivity contribution in [2.75, 3.05) is 140 Å². The highest BCUT2D eigenvalue weighted by Gasteiger charge is 2.53. The number of H-pyrrole nitrogens is 1. The van der Waals surface area contributed by atoms with Gasteiger partial charge in [0, 0.05) is 116 Å². The van der Waals surface area contributed by atoms with E-state index in [2.05, 4.69) is 41.2 Å². The molecule has 3 aliphatic heterocycles. The number of ketones is 2. The summed E-state index contributed by atoms with van der Waals surface area (Å²) in [7, 11) is 6.21. The Morgan fingerprint density at radius 1 is 0.724 bits per heavy atom. The molecule has 2 saturated heterocycles. The number of unbranched alkanes of at least 4 members (excludes halogenated alkanes) is 1. The Kier molecular flexibility index (Phi) is 42.1. The number of alkyl carbamates (subject to hydrolysis) is 1. The molecule has 9 N–H and O–H groups in total. The number of piperidine rings is 1. The molecule has 0 unspecified atom stereocenters. The second-order valence-electron chi connectivity index (χ2n) is 33.8. The monoisotopic (exact) mass is 1780 g/mol. The van der Waals surface area contributed by atoms with Crippen LogP contribution in [0.15, 0.2) is 84.4 Å². The van der Waals surface area contributed by atoms with Gasteiger partial charge in [0.05, 0.1) is 127 Å². The third-order valence-corrected chi connectivity index (χ3v) is 24.2. The molecule has 7 heterocycles. The number of methoxy groups -OCH3 is 4. The Bertz CT molecular complexity index is 4420. The van der Waals surface area contributed by atoms with Crippen LogP contribution >= 0.6 is 0 Å². The first-order chi connectivity index (χ1) is 61.2. The van der Waals surface area contributed by atoms with Gasteiger partial charge in [0.1, 0.15) is 60.2 Å². The average molecular weight is 1780 g/mol. The summed E-state index contributed by atoms with van der Waals surface area (Å²) in [6.45, 7) is 18.2. The number of aromatic nitrogens is 8. The molecule has 1 aliphatic carbocycles. The Labute approximate surface area is 744 Å². The van der Waals surface area contributed by atoms with Gasteiger partial charge in [0.2, 0.25) is 17.6 Å². The lowest BCUT2D eigenvalue weighted by Crippen LogP contribution is -2.61. The number of nitrogen functional groups attached to an aromatic ring is 1. The fraction of sp³-hybridized carbons (Fsp3) is 0.670. The van der Waals surface area contributed by atoms with Crippen molar-refractivity contribution in [3.8, 4) is 17.1 Å². The zero-order valence-electron chi connectivity index (χ0n) is 75.8. The smallest absolute Gasteiger partial charge is 0.407 e. The highest BCUT2D eigenvalue weighted by molar-refractivity contribution is 6.39. The molecule has 16 atom stereocenters. The third kappa shape index (κ3) is 30.8. The van der Waals surface area contributed by atoms with Crippen LogP contribution in [0.1, 0.15) is 163 Å². The van der Waals surface area contributed by atoms with Crippen LogP contribution in [0, 0.1) is 35.5 Å². The van der Waals surface area contributed by atoms with E-state index in [4.69, 9.17) is 72.4 Å². The molecule has 5 aromatic rings. The van der Waals surface area contributed by atoms with E-state index >= 15 is 0 Å². The molecule has 9 rings (SSSR count). The molecular formula is C91H137N13O23. The first-order valence-electron chi connectivity index (χ1n) is 44.8. The number of amides is 4. The number of nitrogens with zero attached hydrogens (tertiary/aromatic N) is 8. The van der Waals surface area contributed by atoms with Crippen LogP contribution in [0.3, 0.4) is 0 Å². The summed E-state index contributed by atoms with van der Waals surface area (Å²) in [6, 6.07) is 5.64. The molecule has 1 saturated carbocycles. The standard InChI is InChI=1S/C91H137N13O23/c1-58-19-13-12-14-20-59(2)74(115-8)53-69-25-22-64(7)91(114,127-69)85(110)88(111)102-33-17-15-21-73(102)89(112)126-76(54-75(116-9)60(3)48-63(6)83(109)84(118-11)82(108)62(5)47-58)61(4)49-65-23-27-72(77(50-65)117-10)104-55-67(99-101-104)56-125-90(113)95-32-38-122-42-46-124-44-40-120-36-29-79(107)94-31-37-121-41-45-123-43-39-119-35-28-78(106)93-30-16-18-34-103-87-80(86(92)96-57-97-87)81(100-103)71-52-66-51-68(105)24-26-70(66)98-71/h12-14,19-20,24,26,48,51-52,55,57-58,60-62,64-65,69,72-77,83-84,98,105,109,114H,15-18,21-23,25,27-47,49-50,53-54,56H2,1-11H3,(H,93,106)(H,94,107)(H,95,113)(H2,92,96,97)/b14-12+,19-13+,59-20+,63-48+/t58-,60-,61-,62-,64-,65+,69+,72+,73+,74+,75-,76+,77-,83-,84+,91-/m1/s1. The van der Waals surface area contributed by atoms with Crippen molar-refractivity contribution in [3.63, 3.8) is 0 Å². The van der Waals surface area contributed by atoms with E-state index < -0.39 is 84.0 Å². The van der Waals surface area contributed by atoms with E-state index in [0.717, 1.165) is 35.0 Å². The summed E-state index contributed by atoms with van der Waals surface area (Å²) >= 11 is 0. The second kappa shape index (κ2) is 52.6. The van der Waals surface area contributed by atoms with E-state index in [1.807, 2.05) is 77.1 Å². The number of allylic oxidation sites excluding steroid dienone is 5. The Balaban J connectivity index is 0.620. The molecule has 2 bridgehead atoms. The molecule has 4 aromatic heterocycles. The number of phenols is 1. The van der Waals surface area contributed by atoms with Crippen molar-refractivity contribution in [1.29, 1.82) is 0 Å². The number of aromatic amines is 1. The van der Waals surface area contributed by atoms with Crippen LogP contribution in [-0.2, 0) is 103 Å². The highest BCUT2D eigenvalue weighted by atomic mass is 16.6. The van der Waals surface area contributed by atoms with Crippen molar-refractivity contribution in [3.05, 3.63) is 90.1 Å². The van der Waals surface area contributed by atoms with Crippen LogP contribution in [0.2, 0.25) is 0 Å². The van der Waals surface area contributed by atoms with Crippen LogP contribution in [0.5, 0.6) is 5.75 Å². The maximum Gasteiger partial charge on any atom is 0.407 e. The number of carbonyl (C=O) groups excluding carboxylic acids is 7. The van der Waals surface area contributed by atoms with Gasteiger partial charge in [-0.05, 0) is 144 Å². The number of rotatable bonds is 40. The topological polar surface area (TPSA) is 456 Å². The summed E-state index contributed by atoms with van der Waals surface area (Å²) in [5.74, 6) is -7.10. The SMILES string of the molecule is CO[C@H]1C[C@@H]2CC[C@@H](C)[C@@](O)(O2)C(=O)C(=O)N2CCCC[C@H]2C(=O)O[C@H]([C@H](C)C[C@@H]2CC[C@H](n3cc(COC(=O)NCCOCCOCCOCCC(=O)NCCOCCOCCOCCC(=O)NCCCCn4nc(-c5cc6cc(O)ccc6[nH]5)c5c(N)ncnc54)nn3)[C@H](OC)C2)C[C@@H](OC)[C@H](C)/C=C(\C)[C@@H](O)[C@@H](OC)C(=O)[C@H](C)C[C@H](C)/C=C/C=C/C=C/1C. The number of aromatic hydroxyl groups is 1. The van der Waals surface area contributed by atoms with Gasteiger partial charge in [-0.25, -0.2) is 28.9 Å². The van der Waals surface area contributed by atoms with Gasteiger partial charge >= 0.3 is 12.1 Å². The summed E-state index contributed by atoms with van der Waals surface area (Å²) in [5.41, 5.74) is 10.9. The lowest BCUT2D eigenvalue weighted by Gasteiger charge is -2.43. The van der Waals surface area contributed by atoms with E-state index in [0.29, 0.717) is 164 Å². The minimum atomic E-state index is -2.46. The molecule has 36 nitrogen and oxygen atoms in total. The number of cyclic esters (lactones) is 1. The Morgan fingerprint density at radius 2 is 1.40 bits per heavy atom. The molecule has 4 amide bonds. The summed E-state index contributed by atoms with van der Waals surface area (Å²) < 4.78 is 79.3. The lowest BCUT2D eigenvalue weighted by atomic mass is 9.77. The number of hydrogen-bond donors (Lipinski definition) is 8. The predicted molar refractivity (Wildman–Crippen MR) is 470 cm³/mol. The highest BCUT2D eigenvalue weighted by Crippen LogP contribution is 2.41. The number of hydrogen-bond acceptors (Lipinski definition) is 29. The van der Waals surface area contributed by atoms with Gasteiger partial charge in [-0.2, -0.15) is 5.10 Å². The molecular weight excluding hydrogens is 1640 g/mol. The first kappa shape index (κ1) is 102. The number of carbonyl (C=O) groups is 7. The number of esters is 1. The van der Waals surface area contributed by atoms with Crippen LogP contribution < -0.4 is 21.7 Å². The number of phenolic OH excluding ortho intramolecular Hbond substituents is 1. The molecule has 36 heteroatoms. The number of anilines is 1. The second-order valence-corrected chi connectivity index (χ2v) is 33.8. The van der Waals surface area contributed by atoms with Gasteiger partial charge in [0.25, 0.3) is 11.7 Å². The van der Waals surface area contributed by atoms with Gasteiger partial charge in [0.15, 0.2) is 11.4 Å². The predicted octanol–water partition coefficient (Wildman–Crippen LogP) is 8.49. The summed E-state index contributed by atoms with van der Waals surface area (Å²) in [4.78, 5) is 109. The Hall–Kier alpha value is -9.02. The van der Waals surface area contributed by atoms with Gasteiger partial charge in [-0.1, -0.05) is 76.3 Å². The van der Waals surface area contributed by atoms with E-state index in [9.17, 15) is 48.9 Å². The van der Waals surface area contributed by atoms with Gasteiger partial charge in [-0.15, -0.1) is 5.10 Å². The normalized spacial score (nSPS) is 27.0. The number of Topliss-reactive ketones (excluding diaryl/α,β-unsaturated/α-hetero) is 2. The van der Waals surface area contributed by atoms with Crippen LogP contribution in [0.4, 0.5) is 10.6 Å². The molecule has 4 aliphatic rings. The lowest BCUT2D eigenvalue weighted by molar-refractivity contribution is -0.265. The quantitative estimate of drug-likeness (QED) is 0.00788. The number of aryl methyl sites for hydroxylation is 1. The fourth-order valence-electron chi connectivity index (χ4n) is 16.9. The number of ether oxygens (including phenoxy) is 13. The Morgan fingerprint density at radius 3 is 2.09 bits per heavy atom. The molecule has 0 radical (unpaired) electrons. The van der Waals surface area contributed by atoms with Crippen LogP contribution in [-0.4, -0.2) is 290 Å².